The summed E-state index contributed by atoms with van der Waals surface area (Å²) in [5.41, 5.74) is 1.13. The number of carbonyl (C=O) groups excluding carboxylic acids is 1. The summed E-state index contributed by atoms with van der Waals surface area (Å²) >= 11 is 0. The van der Waals surface area contributed by atoms with Crippen LogP contribution >= 0.6 is 0 Å². The van der Waals surface area contributed by atoms with E-state index < -0.39 is 10.0 Å². The zero-order valence-corrected chi connectivity index (χ0v) is 18.2. The van der Waals surface area contributed by atoms with Gasteiger partial charge >= 0.3 is 0 Å². The molecule has 0 atom stereocenters. The molecule has 2 saturated heterocycles. The molecule has 0 saturated carbocycles. The molecule has 162 valence electrons. The standard InChI is InChI=1S/C20H32N4O4S/c1-28-19-6-4-3-5-18(19)23-15-13-22(14-16-23)12-9-21-20(25)17-7-10-24(11-8-17)29(2,26)27/h3-6,17H,7-16H2,1-2H3,(H,21,25). The number of carbonyl (C=O) groups is 1. The molecule has 3 rings (SSSR count). The molecule has 0 bridgehead atoms. The van der Waals surface area contributed by atoms with Gasteiger partial charge in [0.15, 0.2) is 0 Å². The van der Waals surface area contributed by atoms with Gasteiger partial charge in [-0.05, 0) is 25.0 Å². The minimum Gasteiger partial charge on any atom is -0.495 e. The van der Waals surface area contributed by atoms with Gasteiger partial charge < -0.3 is 15.0 Å². The molecule has 0 aromatic heterocycles. The molecule has 29 heavy (non-hydrogen) atoms. The van der Waals surface area contributed by atoms with Crippen molar-refractivity contribution < 1.29 is 17.9 Å². The minimum atomic E-state index is -3.15. The van der Waals surface area contributed by atoms with E-state index in [9.17, 15) is 13.2 Å². The van der Waals surface area contributed by atoms with Gasteiger partial charge in [0.2, 0.25) is 15.9 Å². The molecule has 9 heteroatoms. The summed E-state index contributed by atoms with van der Waals surface area (Å²) < 4.78 is 30.1. The highest BCUT2D eigenvalue weighted by Crippen LogP contribution is 2.28. The van der Waals surface area contributed by atoms with Crippen LogP contribution in [0.1, 0.15) is 12.8 Å². The van der Waals surface area contributed by atoms with Gasteiger partial charge in [0.1, 0.15) is 5.75 Å². The van der Waals surface area contributed by atoms with Gasteiger partial charge in [-0.1, -0.05) is 12.1 Å². The van der Waals surface area contributed by atoms with Crippen LogP contribution in [0, 0.1) is 5.92 Å². The van der Waals surface area contributed by atoms with Gasteiger partial charge in [0, 0.05) is 58.3 Å². The highest BCUT2D eigenvalue weighted by atomic mass is 32.2. The first-order valence-electron chi connectivity index (χ1n) is 10.2. The van der Waals surface area contributed by atoms with Gasteiger partial charge in [0.25, 0.3) is 0 Å². The second kappa shape index (κ2) is 9.77. The van der Waals surface area contributed by atoms with E-state index in [1.807, 2.05) is 18.2 Å². The molecule has 1 amide bonds. The van der Waals surface area contributed by atoms with E-state index in [0.717, 1.165) is 44.2 Å². The number of nitrogens with one attached hydrogen (secondary N) is 1. The minimum absolute atomic E-state index is 0.0470. The average Bonchev–Trinajstić information content (AvgIpc) is 2.73. The summed E-state index contributed by atoms with van der Waals surface area (Å²) in [5, 5.41) is 3.03. The van der Waals surface area contributed by atoms with Gasteiger partial charge in [-0.25, -0.2) is 12.7 Å². The maximum absolute atomic E-state index is 12.4. The van der Waals surface area contributed by atoms with Crippen LogP contribution in [0.25, 0.3) is 0 Å². The van der Waals surface area contributed by atoms with Crippen molar-refractivity contribution in [2.45, 2.75) is 12.8 Å². The third kappa shape index (κ3) is 5.83. The normalized spacial score (nSPS) is 19.9. The van der Waals surface area contributed by atoms with Crippen LogP contribution in [0.4, 0.5) is 5.69 Å². The second-order valence-electron chi connectivity index (χ2n) is 7.73. The lowest BCUT2D eigenvalue weighted by atomic mass is 9.97. The predicted octanol–water partition coefficient (Wildman–Crippen LogP) is 0.605. The fourth-order valence-electron chi connectivity index (χ4n) is 4.03. The van der Waals surface area contributed by atoms with Crippen LogP contribution in [-0.2, 0) is 14.8 Å². The van der Waals surface area contributed by atoms with Crippen molar-refractivity contribution in [2.75, 3.05) is 70.6 Å². The van der Waals surface area contributed by atoms with Crippen LogP contribution in [-0.4, -0.2) is 89.3 Å². The Kier molecular flexibility index (Phi) is 7.37. The fraction of sp³-hybridized carbons (Fsp3) is 0.650. The van der Waals surface area contributed by atoms with E-state index in [4.69, 9.17) is 4.74 Å². The Balaban J connectivity index is 1.36. The molecule has 1 aromatic rings. The Bertz CT molecular complexity index is 785. The summed E-state index contributed by atoms with van der Waals surface area (Å²) in [7, 11) is -1.46. The number of rotatable bonds is 7. The number of para-hydroxylation sites is 2. The largest absolute Gasteiger partial charge is 0.495 e. The average molecular weight is 425 g/mol. The van der Waals surface area contributed by atoms with E-state index in [1.165, 1.54) is 10.6 Å². The Morgan fingerprint density at radius 1 is 1.10 bits per heavy atom. The fourth-order valence-corrected chi connectivity index (χ4v) is 4.91. The van der Waals surface area contributed by atoms with E-state index in [0.29, 0.717) is 32.5 Å². The molecule has 2 fully saturated rings. The Labute approximate surface area is 173 Å². The topological polar surface area (TPSA) is 82.2 Å². The molecule has 0 radical (unpaired) electrons. The lowest BCUT2D eigenvalue weighted by Gasteiger charge is -2.36. The first-order valence-corrected chi connectivity index (χ1v) is 12.1. The molecule has 0 aliphatic carbocycles. The number of sulfonamides is 1. The smallest absolute Gasteiger partial charge is 0.223 e. The second-order valence-corrected chi connectivity index (χ2v) is 9.71. The molecule has 0 spiro atoms. The molecular weight excluding hydrogens is 392 g/mol. The number of nitrogens with zero attached hydrogens (tertiary/aromatic N) is 3. The molecular formula is C20H32N4O4S. The Morgan fingerprint density at radius 3 is 2.38 bits per heavy atom. The summed E-state index contributed by atoms with van der Waals surface area (Å²) in [6.45, 7) is 6.06. The van der Waals surface area contributed by atoms with Crippen LogP contribution in [0.15, 0.2) is 24.3 Å². The number of anilines is 1. The van der Waals surface area contributed by atoms with E-state index in [2.05, 4.69) is 21.2 Å². The SMILES string of the molecule is COc1ccccc1N1CCN(CCNC(=O)C2CCN(S(C)(=O)=O)CC2)CC1. The first-order chi connectivity index (χ1) is 13.9. The quantitative estimate of drug-likeness (QED) is 0.691. The molecule has 2 aliphatic rings. The van der Waals surface area contributed by atoms with E-state index in [-0.39, 0.29) is 11.8 Å². The van der Waals surface area contributed by atoms with Gasteiger partial charge in [-0.2, -0.15) is 0 Å². The number of methoxy groups -OCH3 is 1. The highest BCUT2D eigenvalue weighted by Gasteiger charge is 2.28. The summed E-state index contributed by atoms with van der Waals surface area (Å²) in [6.07, 6.45) is 2.41. The molecule has 1 N–H and O–H groups in total. The van der Waals surface area contributed by atoms with Crippen molar-refractivity contribution >= 4 is 21.6 Å². The number of amides is 1. The summed E-state index contributed by atoms with van der Waals surface area (Å²) in [5.74, 6) is 0.858. The lowest BCUT2D eigenvalue weighted by Crippen LogP contribution is -2.49. The van der Waals surface area contributed by atoms with Gasteiger partial charge in [0.05, 0.1) is 19.1 Å². The lowest BCUT2D eigenvalue weighted by molar-refractivity contribution is -0.126. The molecule has 1 aromatic carbocycles. The monoisotopic (exact) mass is 424 g/mol. The molecule has 0 unspecified atom stereocenters. The molecule has 8 nitrogen and oxygen atoms in total. The van der Waals surface area contributed by atoms with Gasteiger partial charge in [-0.3, -0.25) is 9.69 Å². The Hall–Kier alpha value is -1.84. The first kappa shape index (κ1) is 21.9. The van der Waals surface area contributed by atoms with Crippen LogP contribution in [0.3, 0.4) is 0 Å². The van der Waals surface area contributed by atoms with Crippen LogP contribution < -0.4 is 15.0 Å². The number of hydrogen-bond acceptors (Lipinski definition) is 6. The zero-order chi connectivity index (χ0) is 20.9. The van der Waals surface area contributed by atoms with Crippen molar-refractivity contribution in [1.29, 1.82) is 0 Å². The maximum Gasteiger partial charge on any atom is 0.223 e. The van der Waals surface area contributed by atoms with Crippen molar-refractivity contribution in [3.05, 3.63) is 24.3 Å². The Morgan fingerprint density at radius 2 is 1.76 bits per heavy atom. The third-order valence-electron chi connectivity index (χ3n) is 5.82. The number of piperazine rings is 1. The number of piperidine rings is 1. The van der Waals surface area contributed by atoms with Crippen molar-refractivity contribution in [3.63, 3.8) is 0 Å². The molecule has 2 aliphatic heterocycles. The maximum atomic E-state index is 12.4. The summed E-state index contributed by atoms with van der Waals surface area (Å²) in [4.78, 5) is 17.1. The predicted molar refractivity (Wildman–Crippen MR) is 114 cm³/mol. The van der Waals surface area contributed by atoms with Gasteiger partial charge in [-0.15, -0.1) is 0 Å². The van der Waals surface area contributed by atoms with Crippen LogP contribution in [0.5, 0.6) is 5.75 Å². The molecule has 2 heterocycles. The van der Waals surface area contributed by atoms with Crippen molar-refractivity contribution in [2.24, 2.45) is 5.92 Å². The van der Waals surface area contributed by atoms with E-state index in [1.54, 1.807) is 7.11 Å². The van der Waals surface area contributed by atoms with E-state index >= 15 is 0 Å². The van der Waals surface area contributed by atoms with Crippen LogP contribution in [0.2, 0.25) is 0 Å². The highest BCUT2D eigenvalue weighted by molar-refractivity contribution is 7.88. The number of ether oxygens (including phenoxy) is 1. The van der Waals surface area contributed by atoms with Crippen molar-refractivity contribution in [3.8, 4) is 5.75 Å². The number of benzene rings is 1. The van der Waals surface area contributed by atoms with Crippen molar-refractivity contribution in [1.82, 2.24) is 14.5 Å². The number of hydrogen-bond donors (Lipinski definition) is 1. The third-order valence-corrected chi connectivity index (χ3v) is 7.12. The zero-order valence-electron chi connectivity index (χ0n) is 17.3. The summed E-state index contributed by atoms with van der Waals surface area (Å²) in [6, 6.07) is 8.08.